The van der Waals surface area contributed by atoms with Crippen molar-refractivity contribution in [1.82, 2.24) is 4.90 Å². The largest absolute Gasteiger partial charge is 0.379 e. The average molecular weight is 296 g/mol. The molecule has 1 saturated heterocycles. The number of nitrogens with zero attached hydrogens (tertiary/aromatic N) is 1. The maximum absolute atomic E-state index is 11.8. The highest BCUT2D eigenvalue weighted by Crippen LogP contribution is 2.27. The van der Waals surface area contributed by atoms with Gasteiger partial charge in [-0.25, -0.2) is 0 Å². The van der Waals surface area contributed by atoms with Crippen molar-refractivity contribution >= 4 is 5.91 Å². The van der Waals surface area contributed by atoms with E-state index in [1.165, 1.54) is 0 Å². The quantitative estimate of drug-likeness (QED) is 0.941. The van der Waals surface area contributed by atoms with Crippen molar-refractivity contribution < 1.29 is 9.53 Å². The van der Waals surface area contributed by atoms with Gasteiger partial charge in [0.15, 0.2) is 0 Å². The van der Waals surface area contributed by atoms with Crippen LogP contribution >= 0.6 is 0 Å². The summed E-state index contributed by atoms with van der Waals surface area (Å²) in [6.45, 7) is 3.94. The third kappa shape index (κ3) is 3.18. The number of benzene rings is 2. The number of hydrogen-bond acceptors (Lipinski definition) is 3. The molecule has 2 aromatic rings. The average Bonchev–Trinajstić information content (AvgIpc) is 2.56. The third-order valence-corrected chi connectivity index (χ3v) is 4.01. The number of morpholine rings is 1. The molecule has 2 N–H and O–H groups in total. The highest BCUT2D eigenvalue weighted by Gasteiger charge is 2.18. The molecule has 0 unspecified atom stereocenters. The molecule has 1 aliphatic heterocycles. The first-order chi connectivity index (χ1) is 10.8. The van der Waals surface area contributed by atoms with Gasteiger partial charge in [-0.2, -0.15) is 0 Å². The molecule has 0 aliphatic carbocycles. The number of nitrogens with two attached hydrogens (primary N) is 1. The summed E-state index contributed by atoms with van der Waals surface area (Å²) in [5.41, 5.74) is 9.37. The highest BCUT2D eigenvalue weighted by molar-refractivity contribution is 5.96. The van der Waals surface area contributed by atoms with Crippen LogP contribution in [0.2, 0.25) is 0 Å². The van der Waals surface area contributed by atoms with Gasteiger partial charge in [0.1, 0.15) is 0 Å². The summed E-state index contributed by atoms with van der Waals surface area (Å²) in [4.78, 5) is 14.1. The van der Waals surface area contributed by atoms with E-state index in [2.05, 4.69) is 23.1 Å². The minimum Gasteiger partial charge on any atom is -0.379 e. The maximum Gasteiger partial charge on any atom is 0.249 e. The fourth-order valence-electron chi connectivity index (χ4n) is 2.86. The summed E-state index contributed by atoms with van der Waals surface area (Å²) in [5.74, 6) is -0.374. The van der Waals surface area contributed by atoms with Gasteiger partial charge in [0.2, 0.25) is 5.91 Å². The molecule has 0 atom stereocenters. The monoisotopic (exact) mass is 296 g/mol. The Morgan fingerprint density at radius 2 is 1.77 bits per heavy atom. The molecule has 4 heteroatoms. The van der Waals surface area contributed by atoms with Crippen LogP contribution in [0.1, 0.15) is 15.9 Å². The molecule has 4 nitrogen and oxygen atoms in total. The molecule has 1 heterocycles. The van der Waals surface area contributed by atoms with Crippen LogP contribution in [-0.2, 0) is 11.3 Å². The van der Waals surface area contributed by atoms with Gasteiger partial charge in [-0.05, 0) is 22.8 Å². The van der Waals surface area contributed by atoms with E-state index < -0.39 is 0 Å². The Bertz CT molecular complexity index is 649. The summed E-state index contributed by atoms with van der Waals surface area (Å²) in [5, 5.41) is 0. The van der Waals surface area contributed by atoms with Crippen LogP contribution in [0.15, 0.2) is 48.5 Å². The van der Waals surface area contributed by atoms with E-state index in [0.29, 0.717) is 12.1 Å². The van der Waals surface area contributed by atoms with Crippen LogP contribution in [0.3, 0.4) is 0 Å². The van der Waals surface area contributed by atoms with Crippen LogP contribution in [0.4, 0.5) is 0 Å². The lowest BCUT2D eigenvalue weighted by Crippen LogP contribution is -2.36. The van der Waals surface area contributed by atoms with Gasteiger partial charge in [-0.3, -0.25) is 9.69 Å². The third-order valence-electron chi connectivity index (χ3n) is 4.01. The van der Waals surface area contributed by atoms with E-state index in [9.17, 15) is 4.79 Å². The van der Waals surface area contributed by atoms with Crippen molar-refractivity contribution in [3.8, 4) is 11.1 Å². The minimum absolute atomic E-state index is 0.374. The molecule has 1 amide bonds. The number of primary amides is 1. The molecule has 1 aliphatic rings. The molecule has 0 spiro atoms. The maximum atomic E-state index is 11.8. The number of ether oxygens (including phenoxy) is 1. The Balaban J connectivity index is 2.01. The van der Waals surface area contributed by atoms with Gasteiger partial charge < -0.3 is 10.5 Å². The van der Waals surface area contributed by atoms with E-state index in [0.717, 1.165) is 43.0 Å². The van der Waals surface area contributed by atoms with Gasteiger partial charge in [-0.1, -0.05) is 42.5 Å². The van der Waals surface area contributed by atoms with Crippen LogP contribution in [0.25, 0.3) is 11.1 Å². The Labute approximate surface area is 130 Å². The van der Waals surface area contributed by atoms with Crippen molar-refractivity contribution in [2.75, 3.05) is 26.3 Å². The zero-order valence-corrected chi connectivity index (χ0v) is 12.5. The number of hydrogen-bond donors (Lipinski definition) is 1. The standard InChI is InChI=1S/C18H20N2O2/c19-18(21)16-8-4-7-15(14-5-2-1-3-6-14)17(16)13-20-9-11-22-12-10-20/h1-8H,9-13H2,(H2,19,21). The lowest BCUT2D eigenvalue weighted by molar-refractivity contribution is 0.0341. The molecule has 2 aromatic carbocycles. The van der Waals surface area contributed by atoms with Gasteiger partial charge in [0, 0.05) is 25.2 Å². The van der Waals surface area contributed by atoms with Gasteiger partial charge in [0.25, 0.3) is 0 Å². The number of rotatable bonds is 4. The second-order valence-electron chi connectivity index (χ2n) is 5.45. The van der Waals surface area contributed by atoms with Crippen molar-refractivity contribution in [3.05, 3.63) is 59.7 Å². The Morgan fingerprint density at radius 1 is 1.05 bits per heavy atom. The highest BCUT2D eigenvalue weighted by atomic mass is 16.5. The van der Waals surface area contributed by atoms with E-state index in [-0.39, 0.29) is 5.91 Å². The normalized spacial score (nSPS) is 15.6. The second kappa shape index (κ2) is 6.73. The van der Waals surface area contributed by atoms with E-state index in [1.54, 1.807) is 0 Å². The van der Waals surface area contributed by atoms with Gasteiger partial charge in [-0.15, -0.1) is 0 Å². The molecule has 3 rings (SSSR count). The van der Waals surface area contributed by atoms with Crippen molar-refractivity contribution in [2.24, 2.45) is 5.73 Å². The SMILES string of the molecule is NC(=O)c1cccc(-c2ccccc2)c1CN1CCOCC1. The molecule has 22 heavy (non-hydrogen) atoms. The predicted octanol–water partition coefficient (Wildman–Crippen LogP) is 2.28. The topological polar surface area (TPSA) is 55.6 Å². The van der Waals surface area contributed by atoms with E-state index in [1.807, 2.05) is 30.3 Å². The zero-order valence-electron chi connectivity index (χ0n) is 12.5. The lowest BCUT2D eigenvalue weighted by atomic mass is 9.94. The fraction of sp³-hybridized carbons (Fsp3) is 0.278. The summed E-state index contributed by atoms with van der Waals surface area (Å²) >= 11 is 0. The summed E-state index contributed by atoms with van der Waals surface area (Å²) in [6, 6.07) is 15.9. The number of carbonyl (C=O) groups excluding carboxylic acids is 1. The minimum atomic E-state index is -0.374. The lowest BCUT2D eigenvalue weighted by Gasteiger charge is -2.28. The first-order valence-electron chi connectivity index (χ1n) is 7.53. The number of carbonyl (C=O) groups is 1. The van der Waals surface area contributed by atoms with Crippen molar-refractivity contribution in [2.45, 2.75) is 6.54 Å². The zero-order chi connectivity index (χ0) is 15.4. The Kier molecular flexibility index (Phi) is 4.51. The molecule has 1 fully saturated rings. The smallest absolute Gasteiger partial charge is 0.249 e. The van der Waals surface area contributed by atoms with Crippen LogP contribution < -0.4 is 5.73 Å². The van der Waals surface area contributed by atoms with Crippen molar-refractivity contribution in [1.29, 1.82) is 0 Å². The molecule has 114 valence electrons. The Morgan fingerprint density at radius 3 is 2.45 bits per heavy atom. The fourth-order valence-corrected chi connectivity index (χ4v) is 2.86. The molecule has 0 aromatic heterocycles. The molecule has 0 saturated carbocycles. The van der Waals surface area contributed by atoms with Crippen LogP contribution in [-0.4, -0.2) is 37.1 Å². The first kappa shape index (κ1) is 14.8. The molecular formula is C18H20N2O2. The summed E-state index contributed by atoms with van der Waals surface area (Å²) in [7, 11) is 0. The van der Waals surface area contributed by atoms with E-state index in [4.69, 9.17) is 10.5 Å². The second-order valence-corrected chi connectivity index (χ2v) is 5.45. The Hall–Kier alpha value is -2.17. The molecular weight excluding hydrogens is 276 g/mol. The molecule has 0 bridgehead atoms. The van der Waals surface area contributed by atoms with Crippen LogP contribution in [0.5, 0.6) is 0 Å². The van der Waals surface area contributed by atoms with Gasteiger partial charge >= 0.3 is 0 Å². The number of amides is 1. The van der Waals surface area contributed by atoms with Crippen LogP contribution in [0, 0.1) is 0 Å². The summed E-state index contributed by atoms with van der Waals surface area (Å²) in [6.07, 6.45) is 0. The van der Waals surface area contributed by atoms with Gasteiger partial charge in [0.05, 0.1) is 13.2 Å². The summed E-state index contributed by atoms with van der Waals surface area (Å²) < 4.78 is 5.40. The first-order valence-corrected chi connectivity index (χ1v) is 7.53. The van der Waals surface area contributed by atoms with Crippen molar-refractivity contribution in [3.63, 3.8) is 0 Å². The van der Waals surface area contributed by atoms with E-state index >= 15 is 0 Å². The molecule has 0 radical (unpaired) electrons. The predicted molar refractivity (Wildman–Crippen MR) is 86.5 cm³/mol.